The van der Waals surface area contributed by atoms with Crippen molar-refractivity contribution in [3.63, 3.8) is 0 Å². The maximum atomic E-state index is 12.3. The van der Waals surface area contributed by atoms with E-state index in [4.69, 9.17) is 9.47 Å². The first kappa shape index (κ1) is 22.4. The number of ether oxygens (including phenoxy) is 2. The van der Waals surface area contributed by atoms with Gasteiger partial charge in [-0.15, -0.1) is 0 Å². The van der Waals surface area contributed by atoms with E-state index >= 15 is 0 Å². The molecule has 0 spiro atoms. The molecule has 1 unspecified atom stereocenters. The molecule has 1 aromatic heterocycles. The molecule has 0 radical (unpaired) electrons. The minimum absolute atomic E-state index is 0.0483. The van der Waals surface area contributed by atoms with E-state index in [0.717, 1.165) is 0 Å². The van der Waals surface area contributed by atoms with Crippen LogP contribution in [0, 0.1) is 11.3 Å². The van der Waals surface area contributed by atoms with Gasteiger partial charge in [0.25, 0.3) is 0 Å². The summed E-state index contributed by atoms with van der Waals surface area (Å²) in [4.78, 5) is 28.5. The molecule has 2 saturated heterocycles. The molecule has 2 aliphatic heterocycles. The number of aliphatic hydroxyl groups is 1. The molecule has 2 aliphatic carbocycles. The zero-order chi connectivity index (χ0) is 23.1. The summed E-state index contributed by atoms with van der Waals surface area (Å²) in [5.74, 6) is -0.0483. The van der Waals surface area contributed by atoms with Crippen LogP contribution in [0.4, 0.5) is 4.79 Å². The predicted molar refractivity (Wildman–Crippen MR) is 116 cm³/mol. The van der Waals surface area contributed by atoms with Gasteiger partial charge < -0.3 is 19.9 Å². The molecule has 8 nitrogen and oxygen atoms in total. The highest BCUT2D eigenvalue weighted by atomic mass is 16.6. The molecule has 32 heavy (non-hydrogen) atoms. The third kappa shape index (κ3) is 4.27. The molecule has 4 aliphatic rings. The maximum absolute atomic E-state index is 12.3. The van der Waals surface area contributed by atoms with Crippen molar-refractivity contribution in [2.75, 3.05) is 6.61 Å². The Hall–Kier alpha value is -2.76. The Labute approximate surface area is 187 Å². The van der Waals surface area contributed by atoms with Gasteiger partial charge in [0.05, 0.1) is 35.1 Å². The topological polar surface area (TPSA) is 122 Å². The van der Waals surface area contributed by atoms with Crippen LogP contribution in [0.5, 0.6) is 0 Å². The number of alkyl carbamates (subject to hydrolysis) is 1. The molecule has 2 bridgehead atoms. The number of carbonyl (C=O) groups is 2. The van der Waals surface area contributed by atoms with Gasteiger partial charge in [-0.05, 0) is 69.7 Å². The Morgan fingerprint density at radius 1 is 1.34 bits per heavy atom. The second kappa shape index (κ2) is 7.98. The van der Waals surface area contributed by atoms with E-state index in [1.165, 1.54) is 12.3 Å². The fourth-order valence-corrected chi connectivity index (χ4v) is 4.89. The lowest BCUT2D eigenvalue weighted by Crippen LogP contribution is -2.66. The van der Waals surface area contributed by atoms with Crippen LogP contribution in [0.25, 0.3) is 6.08 Å². The molecule has 3 fully saturated rings. The number of ketones is 1. The van der Waals surface area contributed by atoms with Crippen LogP contribution in [0.1, 0.15) is 68.8 Å². The van der Waals surface area contributed by atoms with Crippen molar-refractivity contribution in [2.45, 2.75) is 82.1 Å². The Morgan fingerprint density at radius 3 is 2.66 bits per heavy atom. The summed E-state index contributed by atoms with van der Waals surface area (Å²) in [6, 6.07) is 2.14. The number of allylic oxidation sites excluding steroid dienone is 1. The average Bonchev–Trinajstić information content (AvgIpc) is 2.73. The van der Waals surface area contributed by atoms with Crippen molar-refractivity contribution in [3.8, 4) is 6.07 Å². The third-order valence-electron chi connectivity index (χ3n) is 6.69. The summed E-state index contributed by atoms with van der Waals surface area (Å²) < 4.78 is 11.6. The SMILES string of the molecule is CC(C)(C)OC(=O)NC12CCC(C(O)Cc3c(C#N)cnc4c3CC(=O)C=C4)(CC1)OC2. The van der Waals surface area contributed by atoms with E-state index in [1.54, 1.807) is 6.08 Å². The summed E-state index contributed by atoms with van der Waals surface area (Å²) in [6.07, 6.45) is 6.22. The number of rotatable bonds is 4. The second-order valence-electron chi connectivity index (χ2n) is 10.1. The number of fused-ring (bicyclic) bond motifs is 4. The van der Waals surface area contributed by atoms with Crippen molar-refractivity contribution >= 4 is 18.0 Å². The van der Waals surface area contributed by atoms with E-state index in [0.29, 0.717) is 54.7 Å². The number of nitrogens with one attached hydrogen (secondary N) is 1. The largest absolute Gasteiger partial charge is 0.444 e. The summed E-state index contributed by atoms with van der Waals surface area (Å²) in [6.45, 7) is 5.76. The molecule has 8 heteroatoms. The van der Waals surface area contributed by atoms with Crippen molar-refractivity contribution in [3.05, 3.63) is 34.7 Å². The van der Waals surface area contributed by atoms with Crippen LogP contribution in [0.2, 0.25) is 0 Å². The number of amides is 1. The van der Waals surface area contributed by atoms with Crippen molar-refractivity contribution in [1.29, 1.82) is 5.26 Å². The molecule has 5 rings (SSSR count). The zero-order valence-corrected chi connectivity index (χ0v) is 18.7. The van der Waals surface area contributed by atoms with Gasteiger partial charge in [0.1, 0.15) is 11.7 Å². The summed E-state index contributed by atoms with van der Waals surface area (Å²) >= 11 is 0. The van der Waals surface area contributed by atoms with Crippen LogP contribution >= 0.6 is 0 Å². The number of aromatic nitrogens is 1. The number of nitrogens with zero attached hydrogens (tertiary/aromatic N) is 2. The van der Waals surface area contributed by atoms with Crippen LogP contribution in [0.3, 0.4) is 0 Å². The number of nitriles is 1. The lowest BCUT2D eigenvalue weighted by atomic mass is 9.68. The van der Waals surface area contributed by atoms with E-state index in [9.17, 15) is 20.0 Å². The number of hydrogen-bond acceptors (Lipinski definition) is 7. The summed E-state index contributed by atoms with van der Waals surface area (Å²) in [5, 5.41) is 23.8. The van der Waals surface area contributed by atoms with Gasteiger partial charge in [-0.1, -0.05) is 0 Å². The van der Waals surface area contributed by atoms with Crippen molar-refractivity contribution in [1.82, 2.24) is 10.3 Å². The van der Waals surface area contributed by atoms with Gasteiger partial charge >= 0.3 is 6.09 Å². The maximum Gasteiger partial charge on any atom is 0.408 e. The molecule has 1 saturated carbocycles. The Morgan fingerprint density at radius 2 is 2.06 bits per heavy atom. The zero-order valence-electron chi connectivity index (χ0n) is 18.7. The molecule has 1 atom stereocenters. The Kier molecular flexibility index (Phi) is 5.60. The predicted octanol–water partition coefficient (Wildman–Crippen LogP) is 2.60. The lowest BCUT2D eigenvalue weighted by Gasteiger charge is -2.54. The molecule has 1 aromatic rings. The number of pyridine rings is 1. The van der Waals surface area contributed by atoms with Gasteiger partial charge in [0, 0.05) is 19.0 Å². The van der Waals surface area contributed by atoms with E-state index < -0.39 is 28.9 Å². The van der Waals surface area contributed by atoms with E-state index in [2.05, 4.69) is 16.4 Å². The van der Waals surface area contributed by atoms with E-state index in [1.807, 2.05) is 20.8 Å². The van der Waals surface area contributed by atoms with Gasteiger partial charge in [-0.25, -0.2) is 4.79 Å². The van der Waals surface area contributed by atoms with Gasteiger partial charge in [0.2, 0.25) is 0 Å². The van der Waals surface area contributed by atoms with Crippen LogP contribution < -0.4 is 5.32 Å². The highest BCUT2D eigenvalue weighted by molar-refractivity contribution is 5.98. The van der Waals surface area contributed by atoms with Gasteiger partial charge in [-0.3, -0.25) is 9.78 Å². The number of hydrogen-bond donors (Lipinski definition) is 2. The Balaban J connectivity index is 1.49. The van der Waals surface area contributed by atoms with Crippen LogP contribution in [0.15, 0.2) is 12.3 Å². The van der Waals surface area contributed by atoms with Gasteiger partial charge in [-0.2, -0.15) is 5.26 Å². The number of aliphatic hydroxyl groups excluding tert-OH is 1. The fourth-order valence-electron chi connectivity index (χ4n) is 4.89. The third-order valence-corrected chi connectivity index (χ3v) is 6.69. The molecule has 170 valence electrons. The monoisotopic (exact) mass is 439 g/mol. The first-order chi connectivity index (χ1) is 15.0. The quantitative estimate of drug-likeness (QED) is 0.739. The van der Waals surface area contributed by atoms with E-state index in [-0.39, 0.29) is 18.6 Å². The Bertz CT molecular complexity index is 993. The number of carbonyl (C=O) groups excluding carboxylic acids is 2. The van der Waals surface area contributed by atoms with Crippen molar-refractivity contribution < 1.29 is 24.2 Å². The molecule has 1 amide bonds. The minimum atomic E-state index is -0.845. The summed E-state index contributed by atoms with van der Waals surface area (Å²) in [7, 11) is 0. The molecule has 0 aromatic carbocycles. The smallest absolute Gasteiger partial charge is 0.408 e. The van der Waals surface area contributed by atoms with Crippen LogP contribution in [-0.4, -0.2) is 51.4 Å². The molecule has 2 N–H and O–H groups in total. The highest BCUT2D eigenvalue weighted by Crippen LogP contribution is 2.46. The van der Waals surface area contributed by atoms with Crippen LogP contribution in [-0.2, 0) is 27.1 Å². The minimum Gasteiger partial charge on any atom is -0.444 e. The standard InChI is InChI=1S/C24H29N3O5/c1-22(2,3)32-21(30)27-23-6-8-24(9-7-23,31-14-23)20(29)11-17-15(12-25)13-26-19-5-4-16(28)10-18(17)19/h4-5,13,20,29H,6-11,14H2,1-3H3,(H,27,30). The lowest BCUT2D eigenvalue weighted by molar-refractivity contribution is -0.206. The van der Waals surface area contributed by atoms with Crippen molar-refractivity contribution in [2.24, 2.45) is 0 Å². The molecular weight excluding hydrogens is 410 g/mol. The second-order valence-corrected chi connectivity index (χ2v) is 10.1. The first-order valence-electron chi connectivity index (χ1n) is 11.0. The molecule has 3 heterocycles. The van der Waals surface area contributed by atoms with Gasteiger partial charge in [0.15, 0.2) is 5.78 Å². The normalized spacial score (nSPS) is 27.4. The molecular formula is C24H29N3O5. The highest BCUT2D eigenvalue weighted by Gasteiger charge is 2.54. The fraction of sp³-hybridized carbons (Fsp3) is 0.583. The average molecular weight is 440 g/mol. The summed E-state index contributed by atoms with van der Waals surface area (Å²) in [5.41, 5.74) is 0.592. The first-order valence-corrected chi connectivity index (χ1v) is 11.0.